The quantitative estimate of drug-likeness (QED) is 0.333. The van der Waals surface area contributed by atoms with Crippen LogP contribution in [0, 0.1) is 10.1 Å². The van der Waals surface area contributed by atoms with Crippen molar-refractivity contribution in [2.75, 3.05) is 30.1 Å². The predicted octanol–water partition coefficient (Wildman–Crippen LogP) is 3.67. The molecule has 0 fully saturated rings. The molecule has 3 aromatic rings. The lowest BCUT2D eigenvalue weighted by molar-refractivity contribution is -0.384. The molecule has 0 saturated carbocycles. The number of nitrogens with one attached hydrogen (secondary N) is 1. The zero-order chi connectivity index (χ0) is 21.7. The van der Waals surface area contributed by atoms with Crippen molar-refractivity contribution in [3.8, 4) is 11.4 Å². The third-order valence-electron chi connectivity index (χ3n) is 4.37. The summed E-state index contributed by atoms with van der Waals surface area (Å²) in [7, 11) is 3.97. The molecule has 0 unspecified atom stereocenters. The summed E-state index contributed by atoms with van der Waals surface area (Å²) < 4.78 is 1.97. The molecule has 2 aromatic carbocycles. The SMILES string of the molecule is CCn1c(SCC(=O)Nc2ccc([N+](=O)[O-])cc2)nnc1-c1ccc(N(C)C)cc1. The Balaban J connectivity index is 1.65. The van der Waals surface area contributed by atoms with Gasteiger partial charge in [0.25, 0.3) is 5.69 Å². The van der Waals surface area contributed by atoms with Crippen LogP contribution in [0.3, 0.4) is 0 Å². The smallest absolute Gasteiger partial charge is 0.269 e. The topological polar surface area (TPSA) is 106 Å². The van der Waals surface area contributed by atoms with Crippen molar-refractivity contribution in [2.24, 2.45) is 0 Å². The molecule has 0 bridgehead atoms. The Bertz CT molecular complexity index is 1030. The highest BCUT2D eigenvalue weighted by atomic mass is 32.2. The van der Waals surface area contributed by atoms with Crippen LogP contribution in [-0.4, -0.2) is 45.4 Å². The number of carbonyl (C=O) groups is 1. The van der Waals surface area contributed by atoms with Gasteiger partial charge in [-0.1, -0.05) is 11.8 Å². The molecule has 0 radical (unpaired) electrons. The number of benzene rings is 2. The van der Waals surface area contributed by atoms with Gasteiger partial charge < -0.3 is 14.8 Å². The van der Waals surface area contributed by atoms with Crippen LogP contribution in [0.25, 0.3) is 11.4 Å². The van der Waals surface area contributed by atoms with Crippen LogP contribution in [0.4, 0.5) is 17.1 Å². The minimum Gasteiger partial charge on any atom is -0.378 e. The van der Waals surface area contributed by atoms with E-state index in [1.165, 1.54) is 36.0 Å². The largest absolute Gasteiger partial charge is 0.378 e. The fraction of sp³-hybridized carbons (Fsp3) is 0.250. The van der Waals surface area contributed by atoms with Crippen LogP contribution in [0.15, 0.2) is 53.7 Å². The van der Waals surface area contributed by atoms with Crippen molar-refractivity contribution in [3.63, 3.8) is 0 Å². The van der Waals surface area contributed by atoms with E-state index in [0.717, 1.165) is 17.1 Å². The number of nitro groups is 1. The van der Waals surface area contributed by atoms with E-state index in [4.69, 9.17) is 0 Å². The molecule has 0 atom stereocenters. The van der Waals surface area contributed by atoms with Crippen molar-refractivity contribution in [3.05, 3.63) is 58.6 Å². The summed E-state index contributed by atoms with van der Waals surface area (Å²) in [6, 6.07) is 13.8. The van der Waals surface area contributed by atoms with Gasteiger partial charge in [0.1, 0.15) is 0 Å². The van der Waals surface area contributed by atoms with Crippen molar-refractivity contribution >= 4 is 34.7 Å². The molecule has 156 valence electrons. The monoisotopic (exact) mass is 426 g/mol. The summed E-state index contributed by atoms with van der Waals surface area (Å²) in [6.45, 7) is 2.67. The lowest BCUT2D eigenvalue weighted by atomic mass is 10.2. The van der Waals surface area contributed by atoms with E-state index in [1.54, 1.807) is 0 Å². The second-order valence-electron chi connectivity index (χ2n) is 6.63. The lowest BCUT2D eigenvalue weighted by Gasteiger charge is -2.13. The molecule has 1 aromatic heterocycles. The highest BCUT2D eigenvalue weighted by Gasteiger charge is 2.15. The van der Waals surface area contributed by atoms with Crippen LogP contribution in [0.1, 0.15) is 6.92 Å². The summed E-state index contributed by atoms with van der Waals surface area (Å²) in [4.78, 5) is 24.5. The molecule has 3 rings (SSSR count). The van der Waals surface area contributed by atoms with Crippen LogP contribution in [0.2, 0.25) is 0 Å². The molecule has 30 heavy (non-hydrogen) atoms. The normalized spacial score (nSPS) is 10.6. The molecule has 0 aliphatic heterocycles. The summed E-state index contributed by atoms with van der Waals surface area (Å²) >= 11 is 1.29. The minimum atomic E-state index is -0.481. The van der Waals surface area contributed by atoms with Crippen LogP contribution in [-0.2, 0) is 11.3 Å². The number of aromatic nitrogens is 3. The number of anilines is 2. The van der Waals surface area contributed by atoms with Gasteiger partial charge in [0.2, 0.25) is 5.91 Å². The van der Waals surface area contributed by atoms with Crippen molar-refractivity contribution in [1.29, 1.82) is 0 Å². The number of nitrogens with zero attached hydrogens (tertiary/aromatic N) is 5. The van der Waals surface area contributed by atoms with Gasteiger partial charge in [-0.15, -0.1) is 10.2 Å². The average molecular weight is 427 g/mol. The number of amides is 1. The second-order valence-corrected chi connectivity index (χ2v) is 7.58. The summed E-state index contributed by atoms with van der Waals surface area (Å²) in [5.74, 6) is 0.673. The van der Waals surface area contributed by atoms with Gasteiger partial charge in [0, 0.05) is 49.7 Å². The van der Waals surface area contributed by atoms with Gasteiger partial charge in [-0.3, -0.25) is 14.9 Å². The van der Waals surface area contributed by atoms with E-state index < -0.39 is 4.92 Å². The molecular weight excluding hydrogens is 404 g/mol. The van der Waals surface area contributed by atoms with Gasteiger partial charge in [0.05, 0.1) is 10.7 Å². The maximum atomic E-state index is 12.3. The van der Waals surface area contributed by atoms with Crippen molar-refractivity contribution in [2.45, 2.75) is 18.6 Å². The second kappa shape index (κ2) is 9.40. The molecule has 0 saturated heterocycles. The van der Waals surface area contributed by atoms with E-state index in [0.29, 0.717) is 17.4 Å². The Morgan fingerprint density at radius 2 is 1.80 bits per heavy atom. The third-order valence-corrected chi connectivity index (χ3v) is 5.34. The van der Waals surface area contributed by atoms with Gasteiger partial charge in [-0.2, -0.15) is 0 Å². The molecular formula is C20H22N6O3S. The fourth-order valence-corrected chi connectivity index (χ4v) is 3.60. The summed E-state index contributed by atoms with van der Waals surface area (Å²) in [5.41, 5.74) is 2.53. The Kier molecular flexibility index (Phi) is 6.68. The van der Waals surface area contributed by atoms with E-state index >= 15 is 0 Å². The maximum absolute atomic E-state index is 12.3. The standard InChI is InChI=1S/C20H22N6O3S/c1-4-25-19(14-5-9-16(10-6-14)24(2)3)22-23-20(25)30-13-18(27)21-15-7-11-17(12-8-15)26(28)29/h5-12H,4,13H2,1-3H3,(H,21,27). The number of hydrogen-bond acceptors (Lipinski definition) is 7. The first-order chi connectivity index (χ1) is 14.4. The molecule has 0 spiro atoms. The zero-order valence-corrected chi connectivity index (χ0v) is 17.7. The van der Waals surface area contributed by atoms with Crippen LogP contribution >= 0.6 is 11.8 Å². The average Bonchev–Trinajstić information content (AvgIpc) is 3.15. The van der Waals surface area contributed by atoms with E-state index in [9.17, 15) is 14.9 Å². The Morgan fingerprint density at radius 3 is 2.37 bits per heavy atom. The highest BCUT2D eigenvalue weighted by molar-refractivity contribution is 7.99. The minimum absolute atomic E-state index is 0.0236. The molecule has 0 aliphatic rings. The van der Waals surface area contributed by atoms with E-state index in [1.807, 2.05) is 54.8 Å². The molecule has 1 heterocycles. The zero-order valence-electron chi connectivity index (χ0n) is 16.9. The Morgan fingerprint density at radius 1 is 1.13 bits per heavy atom. The fourth-order valence-electron chi connectivity index (χ4n) is 2.80. The number of hydrogen-bond donors (Lipinski definition) is 1. The number of non-ortho nitro benzene ring substituents is 1. The first-order valence-corrected chi connectivity index (χ1v) is 10.3. The number of thioether (sulfide) groups is 1. The number of rotatable bonds is 8. The molecule has 1 amide bonds. The Hall–Kier alpha value is -3.40. The lowest BCUT2D eigenvalue weighted by Crippen LogP contribution is -2.14. The van der Waals surface area contributed by atoms with Crippen LogP contribution < -0.4 is 10.2 Å². The molecule has 0 aliphatic carbocycles. The van der Waals surface area contributed by atoms with Gasteiger partial charge in [-0.25, -0.2) is 0 Å². The van der Waals surface area contributed by atoms with E-state index in [-0.39, 0.29) is 17.3 Å². The van der Waals surface area contributed by atoms with Gasteiger partial charge >= 0.3 is 0 Å². The molecule has 9 nitrogen and oxygen atoms in total. The highest BCUT2D eigenvalue weighted by Crippen LogP contribution is 2.26. The number of nitro benzene ring substituents is 1. The summed E-state index contributed by atoms with van der Waals surface area (Å²) in [5, 5.41) is 22.6. The van der Waals surface area contributed by atoms with Crippen molar-refractivity contribution in [1.82, 2.24) is 14.8 Å². The van der Waals surface area contributed by atoms with Crippen molar-refractivity contribution < 1.29 is 9.72 Å². The van der Waals surface area contributed by atoms with E-state index in [2.05, 4.69) is 15.5 Å². The molecule has 10 heteroatoms. The maximum Gasteiger partial charge on any atom is 0.269 e. The first kappa shape index (κ1) is 21.3. The number of carbonyl (C=O) groups excluding carboxylic acids is 1. The van der Waals surface area contributed by atoms with Crippen LogP contribution in [0.5, 0.6) is 0 Å². The van der Waals surface area contributed by atoms with Gasteiger partial charge in [-0.05, 0) is 43.3 Å². The Labute approximate surface area is 178 Å². The predicted molar refractivity (Wildman–Crippen MR) is 118 cm³/mol. The first-order valence-electron chi connectivity index (χ1n) is 9.27. The molecule has 1 N–H and O–H groups in total. The third kappa shape index (κ3) is 4.95. The summed E-state index contributed by atoms with van der Waals surface area (Å²) in [6.07, 6.45) is 0. The van der Waals surface area contributed by atoms with Gasteiger partial charge in [0.15, 0.2) is 11.0 Å².